The summed E-state index contributed by atoms with van der Waals surface area (Å²) in [4.78, 5) is 8.52. The first-order valence-electron chi connectivity index (χ1n) is 7.54. The minimum absolute atomic E-state index is 0.617. The van der Waals surface area contributed by atoms with Crippen LogP contribution in [0.5, 0.6) is 5.88 Å². The average Bonchev–Trinajstić information content (AvgIpc) is 2.50. The van der Waals surface area contributed by atoms with Crippen molar-refractivity contribution in [2.24, 2.45) is 0 Å². The zero-order chi connectivity index (χ0) is 15.5. The number of ether oxygens (including phenoxy) is 1. The number of hydrogen-bond acceptors (Lipinski definition) is 3. The quantitative estimate of drug-likeness (QED) is 0.723. The Morgan fingerprint density at radius 1 is 0.955 bits per heavy atom. The van der Waals surface area contributed by atoms with Crippen LogP contribution in [0, 0.1) is 20.8 Å². The molecule has 0 bridgehead atoms. The highest BCUT2D eigenvalue weighted by molar-refractivity contribution is 5.82. The molecule has 0 aliphatic heterocycles. The zero-order valence-electron chi connectivity index (χ0n) is 13.3. The van der Waals surface area contributed by atoms with Crippen LogP contribution < -0.4 is 4.74 Å². The molecule has 0 spiro atoms. The van der Waals surface area contributed by atoms with Crippen LogP contribution >= 0.6 is 0 Å². The standard InChI is InChI=1S/C19H20N2O/c1-13-10-14(2)16(15(3)11-13)8-9-22-19-17-6-4-5-7-18(17)20-12-21-19/h4-7,10-12H,8-9H2,1-3H3. The number of benzene rings is 2. The average molecular weight is 292 g/mol. The highest BCUT2D eigenvalue weighted by Gasteiger charge is 2.07. The van der Waals surface area contributed by atoms with E-state index in [1.165, 1.54) is 22.3 Å². The van der Waals surface area contributed by atoms with Gasteiger partial charge in [-0.1, -0.05) is 29.8 Å². The van der Waals surface area contributed by atoms with Crippen molar-refractivity contribution in [1.82, 2.24) is 9.97 Å². The van der Waals surface area contributed by atoms with Crippen molar-refractivity contribution in [3.63, 3.8) is 0 Å². The number of hydrogen-bond donors (Lipinski definition) is 0. The Morgan fingerprint density at radius 2 is 1.68 bits per heavy atom. The topological polar surface area (TPSA) is 35.0 Å². The summed E-state index contributed by atoms with van der Waals surface area (Å²) in [7, 11) is 0. The molecule has 2 aromatic carbocycles. The lowest BCUT2D eigenvalue weighted by Crippen LogP contribution is -2.06. The van der Waals surface area contributed by atoms with E-state index >= 15 is 0 Å². The Kier molecular flexibility index (Phi) is 4.05. The maximum atomic E-state index is 5.91. The van der Waals surface area contributed by atoms with Gasteiger partial charge in [0.15, 0.2) is 0 Å². The van der Waals surface area contributed by atoms with Gasteiger partial charge in [0.05, 0.1) is 17.5 Å². The van der Waals surface area contributed by atoms with Gasteiger partial charge in [-0.2, -0.15) is 0 Å². The number of para-hydroxylation sites is 1. The van der Waals surface area contributed by atoms with E-state index in [0.29, 0.717) is 12.5 Å². The minimum atomic E-state index is 0.617. The fourth-order valence-corrected chi connectivity index (χ4v) is 2.95. The van der Waals surface area contributed by atoms with Crippen LogP contribution in [0.4, 0.5) is 0 Å². The van der Waals surface area contributed by atoms with Gasteiger partial charge in [-0.15, -0.1) is 0 Å². The molecule has 0 saturated carbocycles. The predicted molar refractivity (Wildman–Crippen MR) is 89.4 cm³/mol. The van der Waals surface area contributed by atoms with Crippen LogP contribution in [0.2, 0.25) is 0 Å². The molecule has 0 saturated heterocycles. The van der Waals surface area contributed by atoms with Gasteiger partial charge in [0, 0.05) is 6.42 Å². The Bertz CT molecular complexity index is 783. The first-order valence-corrected chi connectivity index (χ1v) is 7.54. The molecule has 0 aliphatic carbocycles. The second kappa shape index (κ2) is 6.14. The molecule has 3 heteroatoms. The van der Waals surface area contributed by atoms with Gasteiger partial charge >= 0.3 is 0 Å². The third kappa shape index (κ3) is 2.93. The Balaban J connectivity index is 1.76. The molecule has 0 amide bonds. The molecule has 0 atom stereocenters. The third-order valence-electron chi connectivity index (χ3n) is 3.94. The van der Waals surface area contributed by atoms with E-state index in [2.05, 4.69) is 42.9 Å². The molecular weight excluding hydrogens is 272 g/mol. The summed E-state index contributed by atoms with van der Waals surface area (Å²) in [6.07, 6.45) is 2.44. The first-order chi connectivity index (χ1) is 10.6. The molecule has 0 aliphatic rings. The largest absolute Gasteiger partial charge is 0.477 e. The summed E-state index contributed by atoms with van der Waals surface area (Å²) in [5.74, 6) is 0.660. The van der Waals surface area contributed by atoms with E-state index in [1.807, 2.05) is 24.3 Å². The molecule has 112 valence electrons. The lowest BCUT2D eigenvalue weighted by atomic mass is 9.98. The number of aryl methyl sites for hydroxylation is 3. The fourth-order valence-electron chi connectivity index (χ4n) is 2.95. The number of rotatable bonds is 4. The molecule has 0 N–H and O–H groups in total. The Morgan fingerprint density at radius 3 is 2.45 bits per heavy atom. The lowest BCUT2D eigenvalue weighted by molar-refractivity contribution is 0.313. The van der Waals surface area contributed by atoms with Crippen molar-refractivity contribution in [3.05, 3.63) is 65.0 Å². The minimum Gasteiger partial charge on any atom is -0.477 e. The summed E-state index contributed by atoms with van der Waals surface area (Å²) in [6.45, 7) is 7.07. The summed E-state index contributed by atoms with van der Waals surface area (Å²) in [5.41, 5.74) is 6.24. The highest BCUT2D eigenvalue weighted by atomic mass is 16.5. The molecule has 22 heavy (non-hydrogen) atoms. The fraction of sp³-hybridized carbons (Fsp3) is 0.263. The van der Waals surface area contributed by atoms with Gasteiger partial charge in [-0.05, 0) is 49.6 Å². The van der Waals surface area contributed by atoms with E-state index in [9.17, 15) is 0 Å². The summed E-state index contributed by atoms with van der Waals surface area (Å²) < 4.78 is 5.91. The van der Waals surface area contributed by atoms with E-state index in [-0.39, 0.29) is 0 Å². The molecule has 3 nitrogen and oxygen atoms in total. The van der Waals surface area contributed by atoms with Gasteiger partial charge in [0.2, 0.25) is 5.88 Å². The second-order valence-electron chi connectivity index (χ2n) is 5.67. The van der Waals surface area contributed by atoms with Gasteiger partial charge in [0.1, 0.15) is 6.33 Å². The van der Waals surface area contributed by atoms with Crippen LogP contribution in [-0.4, -0.2) is 16.6 Å². The Labute approximate surface area is 131 Å². The normalized spacial score (nSPS) is 10.9. The van der Waals surface area contributed by atoms with E-state index in [0.717, 1.165) is 17.3 Å². The van der Waals surface area contributed by atoms with Crippen LogP contribution in [0.1, 0.15) is 22.3 Å². The van der Waals surface area contributed by atoms with E-state index in [1.54, 1.807) is 6.33 Å². The maximum Gasteiger partial charge on any atom is 0.224 e. The van der Waals surface area contributed by atoms with Gasteiger partial charge in [0.25, 0.3) is 0 Å². The smallest absolute Gasteiger partial charge is 0.224 e. The van der Waals surface area contributed by atoms with Crippen molar-refractivity contribution in [1.29, 1.82) is 0 Å². The van der Waals surface area contributed by atoms with Crippen molar-refractivity contribution < 1.29 is 4.74 Å². The Hall–Kier alpha value is -2.42. The van der Waals surface area contributed by atoms with E-state index in [4.69, 9.17) is 4.74 Å². The molecule has 3 rings (SSSR count). The molecule has 0 unspecified atom stereocenters. The molecule has 0 radical (unpaired) electrons. The maximum absolute atomic E-state index is 5.91. The van der Waals surface area contributed by atoms with Crippen LogP contribution in [0.3, 0.4) is 0 Å². The first kappa shape index (κ1) is 14.5. The molecule has 1 aromatic heterocycles. The van der Waals surface area contributed by atoms with Gasteiger partial charge < -0.3 is 4.74 Å². The van der Waals surface area contributed by atoms with Crippen molar-refractivity contribution in [3.8, 4) is 5.88 Å². The molecule has 0 fully saturated rings. The molecular formula is C19H20N2O. The van der Waals surface area contributed by atoms with E-state index < -0.39 is 0 Å². The van der Waals surface area contributed by atoms with Gasteiger partial charge in [-0.3, -0.25) is 0 Å². The van der Waals surface area contributed by atoms with Crippen molar-refractivity contribution in [2.75, 3.05) is 6.61 Å². The zero-order valence-corrected chi connectivity index (χ0v) is 13.3. The lowest BCUT2D eigenvalue weighted by Gasteiger charge is -2.12. The highest BCUT2D eigenvalue weighted by Crippen LogP contribution is 2.21. The van der Waals surface area contributed by atoms with Crippen LogP contribution in [0.15, 0.2) is 42.7 Å². The summed E-state index contributed by atoms with van der Waals surface area (Å²) in [6, 6.07) is 12.4. The number of fused-ring (bicyclic) bond motifs is 1. The monoisotopic (exact) mass is 292 g/mol. The summed E-state index contributed by atoms with van der Waals surface area (Å²) >= 11 is 0. The third-order valence-corrected chi connectivity index (χ3v) is 3.94. The van der Waals surface area contributed by atoms with Crippen molar-refractivity contribution >= 4 is 10.9 Å². The SMILES string of the molecule is Cc1cc(C)c(CCOc2ncnc3ccccc23)c(C)c1. The van der Waals surface area contributed by atoms with Crippen LogP contribution in [-0.2, 0) is 6.42 Å². The van der Waals surface area contributed by atoms with Crippen LogP contribution in [0.25, 0.3) is 10.9 Å². The second-order valence-corrected chi connectivity index (χ2v) is 5.67. The number of nitrogens with zero attached hydrogens (tertiary/aromatic N) is 2. The molecule has 3 aromatic rings. The predicted octanol–water partition coefficient (Wildman–Crippen LogP) is 4.18. The molecule has 1 heterocycles. The van der Waals surface area contributed by atoms with Crippen molar-refractivity contribution in [2.45, 2.75) is 27.2 Å². The summed E-state index contributed by atoms with van der Waals surface area (Å²) in [5, 5.41) is 0.961. The van der Waals surface area contributed by atoms with Gasteiger partial charge in [-0.25, -0.2) is 9.97 Å². The number of aromatic nitrogens is 2.